The van der Waals surface area contributed by atoms with Gasteiger partial charge in [-0.3, -0.25) is 0 Å². The summed E-state index contributed by atoms with van der Waals surface area (Å²) in [5, 5.41) is 3.39. The lowest BCUT2D eigenvalue weighted by atomic mass is 10.1. The first kappa shape index (κ1) is 15.1. The maximum absolute atomic E-state index is 13.1. The molecule has 106 valence electrons. The molecule has 0 fully saturated rings. The molecule has 5 heteroatoms. The Hall–Kier alpha value is -1.26. The number of benzene rings is 2. The number of rotatable bonds is 4. The lowest BCUT2D eigenvalue weighted by Gasteiger charge is -2.17. The van der Waals surface area contributed by atoms with E-state index in [1.54, 1.807) is 19.2 Å². The van der Waals surface area contributed by atoms with Crippen LogP contribution >= 0.6 is 27.5 Å². The maximum atomic E-state index is 13.1. The van der Waals surface area contributed by atoms with Gasteiger partial charge in [0.25, 0.3) is 0 Å². The third-order valence-corrected chi connectivity index (χ3v) is 3.89. The largest absolute Gasteiger partial charge is 0.496 e. The zero-order valence-corrected chi connectivity index (χ0v) is 13.4. The zero-order valence-electron chi connectivity index (χ0n) is 11.1. The molecule has 0 aromatic heterocycles. The summed E-state index contributed by atoms with van der Waals surface area (Å²) in [5.41, 5.74) is 1.86. The lowest BCUT2D eigenvalue weighted by Crippen LogP contribution is -2.06. The third-order valence-electron chi connectivity index (χ3n) is 2.98. The molecule has 0 aliphatic rings. The molecule has 0 radical (unpaired) electrons. The molecule has 0 saturated carbocycles. The van der Waals surface area contributed by atoms with Crippen LogP contribution < -0.4 is 10.1 Å². The molecule has 2 aromatic rings. The highest BCUT2D eigenvalue weighted by atomic mass is 79.9. The van der Waals surface area contributed by atoms with Gasteiger partial charge in [0.15, 0.2) is 0 Å². The highest BCUT2D eigenvalue weighted by Gasteiger charge is 2.09. The molecule has 0 bridgehead atoms. The fraction of sp³-hybridized carbons (Fsp3) is 0.200. The van der Waals surface area contributed by atoms with Crippen molar-refractivity contribution in [3.8, 4) is 5.75 Å². The maximum Gasteiger partial charge on any atom is 0.141 e. The lowest BCUT2D eigenvalue weighted by molar-refractivity contribution is 0.412. The Labute approximate surface area is 131 Å². The van der Waals surface area contributed by atoms with Crippen LogP contribution in [0, 0.1) is 5.82 Å². The summed E-state index contributed by atoms with van der Waals surface area (Å²) in [6.45, 7) is 2.02. The minimum atomic E-state index is -0.419. The molecule has 0 heterocycles. The number of hydrogen-bond acceptors (Lipinski definition) is 2. The first-order valence-electron chi connectivity index (χ1n) is 6.06. The number of methoxy groups -OCH3 is 1. The van der Waals surface area contributed by atoms with Crippen LogP contribution in [-0.4, -0.2) is 7.11 Å². The van der Waals surface area contributed by atoms with E-state index in [-0.39, 0.29) is 11.1 Å². The van der Waals surface area contributed by atoms with Gasteiger partial charge < -0.3 is 10.1 Å². The molecule has 2 aromatic carbocycles. The molecule has 0 aliphatic carbocycles. The van der Waals surface area contributed by atoms with E-state index in [0.29, 0.717) is 0 Å². The summed E-state index contributed by atoms with van der Waals surface area (Å²) >= 11 is 9.23. The zero-order chi connectivity index (χ0) is 14.7. The van der Waals surface area contributed by atoms with Crippen LogP contribution in [0.3, 0.4) is 0 Å². The SMILES string of the molecule is COc1ccc(C(C)Nc2ccc(F)c(Cl)c2)cc1Br. The highest BCUT2D eigenvalue weighted by Crippen LogP contribution is 2.30. The average molecular weight is 359 g/mol. The van der Waals surface area contributed by atoms with Gasteiger partial charge >= 0.3 is 0 Å². The Bertz CT molecular complexity index is 621. The van der Waals surface area contributed by atoms with Gasteiger partial charge in [-0.25, -0.2) is 4.39 Å². The van der Waals surface area contributed by atoms with Gasteiger partial charge in [-0.05, 0) is 58.7 Å². The standard InChI is InChI=1S/C15H14BrClFNO/c1-9(10-3-6-15(20-2)12(16)7-10)19-11-4-5-14(18)13(17)8-11/h3-9,19H,1-2H3. The summed E-state index contributed by atoms with van der Waals surface area (Å²) in [6.07, 6.45) is 0. The molecular weight excluding hydrogens is 345 g/mol. The van der Waals surface area contributed by atoms with Gasteiger partial charge in [0, 0.05) is 11.7 Å². The normalized spacial score (nSPS) is 12.1. The van der Waals surface area contributed by atoms with Crippen molar-refractivity contribution < 1.29 is 9.13 Å². The van der Waals surface area contributed by atoms with E-state index in [1.807, 2.05) is 25.1 Å². The molecule has 2 nitrogen and oxygen atoms in total. The Morgan fingerprint density at radius 1 is 1.25 bits per heavy atom. The van der Waals surface area contributed by atoms with Gasteiger partial charge in [0.05, 0.1) is 16.6 Å². The van der Waals surface area contributed by atoms with Crippen LogP contribution in [0.15, 0.2) is 40.9 Å². The van der Waals surface area contributed by atoms with Crippen molar-refractivity contribution in [1.82, 2.24) is 0 Å². The van der Waals surface area contributed by atoms with Crippen LogP contribution in [0.2, 0.25) is 5.02 Å². The Morgan fingerprint density at radius 3 is 2.60 bits per heavy atom. The van der Waals surface area contributed by atoms with E-state index in [0.717, 1.165) is 21.5 Å². The topological polar surface area (TPSA) is 21.3 Å². The van der Waals surface area contributed by atoms with Gasteiger partial charge in [0.1, 0.15) is 11.6 Å². The third kappa shape index (κ3) is 3.44. The van der Waals surface area contributed by atoms with E-state index in [1.165, 1.54) is 6.07 Å². The fourth-order valence-electron chi connectivity index (χ4n) is 1.87. The van der Waals surface area contributed by atoms with Crippen molar-refractivity contribution in [3.63, 3.8) is 0 Å². The van der Waals surface area contributed by atoms with Crippen LogP contribution in [0.25, 0.3) is 0 Å². The molecule has 0 saturated heterocycles. The second-order valence-corrected chi connectivity index (χ2v) is 5.65. The molecule has 1 N–H and O–H groups in total. The molecular formula is C15H14BrClFNO. The molecule has 1 unspecified atom stereocenters. The predicted octanol–water partition coefficient (Wildman–Crippen LogP) is 5.42. The Morgan fingerprint density at radius 2 is 2.00 bits per heavy atom. The van der Waals surface area contributed by atoms with Gasteiger partial charge in [-0.1, -0.05) is 17.7 Å². The first-order valence-corrected chi connectivity index (χ1v) is 7.23. The number of halogens is 3. The highest BCUT2D eigenvalue weighted by molar-refractivity contribution is 9.10. The quantitative estimate of drug-likeness (QED) is 0.787. The Balaban J connectivity index is 2.17. The summed E-state index contributed by atoms with van der Waals surface area (Å²) in [7, 11) is 1.63. The summed E-state index contributed by atoms with van der Waals surface area (Å²) in [6, 6.07) is 10.5. The van der Waals surface area contributed by atoms with E-state index >= 15 is 0 Å². The van der Waals surface area contributed by atoms with E-state index in [9.17, 15) is 4.39 Å². The number of hydrogen-bond donors (Lipinski definition) is 1. The van der Waals surface area contributed by atoms with Crippen molar-refractivity contribution in [2.75, 3.05) is 12.4 Å². The second-order valence-electron chi connectivity index (χ2n) is 4.39. The number of ether oxygens (including phenoxy) is 1. The van der Waals surface area contributed by atoms with Crippen molar-refractivity contribution in [2.45, 2.75) is 13.0 Å². The van der Waals surface area contributed by atoms with Gasteiger partial charge in [-0.15, -0.1) is 0 Å². The predicted molar refractivity (Wildman–Crippen MR) is 84.1 cm³/mol. The van der Waals surface area contributed by atoms with Crippen LogP contribution in [0.1, 0.15) is 18.5 Å². The molecule has 0 amide bonds. The average Bonchev–Trinajstić information content (AvgIpc) is 2.42. The monoisotopic (exact) mass is 357 g/mol. The fourth-order valence-corrected chi connectivity index (χ4v) is 2.61. The van der Waals surface area contributed by atoms with Crippen molar-refractivity contribution in [1.29, 1.82) is 0 Å². The van der Waals surface area contributed by atoms with Crippen molar-refractivity contribution in [3.05, 3.63) is 57.3 Å². The van der Waals surface area contributed by atoms with Crippen molar-refractivity contribution in [2.24, 2.45) is 0 Å². The summed E-state index contributed by atoms with van der Waals surface area (Å²) in [4.78, 5) is 0. The number of nitrogens with one attached hydrogen (secondary N) is 1. The molecule has 0 aliphatic heterocycles. The van der Waals surface area contributed by atoms with Crippen LogP contribution in [0.5, 0.6) is 5.75 Å². The van der Waals surface area contributed by atoms with E-state index in [4.69, 9.17) is 16.3 Å². The molecule has 1 atom stereocenters. The number of anilines is 1. The summed E-state index contributed by atoms with van der Waals surface area (Å²) < 4.78 is 19.2. The first-order chi connectivity index (χ1) is 9.51. The second kappa shape index (κ2) is 6.46. The van der Waals surface area contributed by atoms with Crippen molar-refractivity contribution >= 4 is 33.2 Å². The van der Waals surface area contributed by atoms with Gasteiger partial charge in [-0.2, -0.15) is 0 Å². The smallest absolute Gasteiger partial charge is 0.141 e. The minimum absolute atomic E-state index is 0.0544. The van der Waals surface area contributed by atoms with Crippen LogP contribution in [-0.2, 0) is 0 Å². The minimum Gasteiger partial charge on any atom is -0.496 e. The summed E-state index contributed by atoms with van der Waals surface area (Å²) in [5.74, 6) is 0.364. The molecule has 20 heavy (non-hydrogen) atoms. The van der Waals surface area contributed by atoms with E-state index in [2.05, 4.69) is 21.2 Å². The molecule has 2 rings (SSSR count). The molecule has 0 spiro atoms. The van der Waals surface area contributed by atoms with Gasteiger partial charge in [0.2, 0.25) is 0 Å². The Kier molecular flexibility index (Phi) is 4.89. The van der Waals surface area contributed by atoms with E-state index < -0.39 is 5.82 Å². The van der Waals surface area contributed by atoms with Crippen LogP contribution in [0.4, 0.5) is 10.1 Å².